The first-order valence-corrected chi connectivity index (χ1v) is 4.81. The largest absolute Gasteiger partial charge is 0.392 e. The molecule has 0 aromatic heterocycles. The van der Waals surface area contributed by atoms with Crippen LogP contribution in [0.25, 0.3) is 6.08 Å². The van der Waals surface area contributed by atoms with Crippen LogP contribution in [0.1, 0.15) is 18.9 Å². The first kappa shape index (κ1) is 10.7. The summed E-state index contributed by atoms with van der Waals surface area (Å²) >= 11 is 0. The average Bonchev–Trinajstić information content (AvgIpc) is 2.25. The topological polar surface area (TPSA) is 20.2 Å². The lowest BCUT2D eigenvalue weighted by Crippen LogP contribution is -1.81. The number of rotatable bonds is 4. The predicted octanol–water partition coefficient (Wildman–Crippen LogP) is 3.03. The fraction of sp³-hybridized carbons (Fsp3) is 0.231. The van der Waals surface area contributed by atoms with E-state index in [4.69, 9.17) is 5.11 Å². The molecule has 14 heavy (non-hydrogen) atoms. The maximum atomic E-state index is 8.76. The van der Waals surface area contributed by atoms with Gasteiger partial charge in [0.1, 0.15) is 0 Å². The Morgan fingerprint density at radius 2 is 2.00 bits per heavy atom. The molecular weight excluding hydrogens is 172 g/mol. The molecule has 74 valence electrons. The molecule has 0 fully saturated rings. The van der Waals surface area contributed by atoms with Gasteiger partial charge < -0.3 is 5.11 Å². The molecule has 0 aliphatic carbocycles. The van der Waals surface area contributed by atoms with Gasteiger partial charge in [-0.1, -0.05) is 54.1 Å². The van der Waals surface area contributed by atoms with Crippen LogP contribution in [0, 0.1) is 0 Å². The van der Waals surface area contributed by atoms with Gasteiger partial charge in [-0.15, -0.1) is 0 Å². The molecule has 0 radical (unpaired) electrons. The van der Waals surface area contributed by atoms with E-state index in [0.29, 0.717) is 0 Å². The third kappa shape index (κ3) is 4.06. The molecule has 0 spiro atoms. The van der Waals surface area contributed by atoms with E-state index < -0.39 is 0 Å². The lowest BCUT2D eigenvalue weighted by molar-refractivity contribution is 0.331. The Bertz CT molecular complexity index is 309. The average molecular weight is 188 g/mol. The highest BCUT2D eigenvalue weighted by molar-refractivity contribution is 5.48. The van der Waals surface area contributed by atoms with Crippen molar-refractivity contribution < 1.29 is 5.11 Å². The van der Waals surface area contributed by atoms with Crippen molar-refractivity contribution in [1.29, 1.82) is 0 Å². The van der Waals surface area contributed by atoms with Gasteiger partial charge in [0.05, 0.1) is 6.61 Å². The highest BCUT2D eigenvalue weighted by atomic mass is 16.3. The van der Waals surface area contributed by atoms with E-state index in [1.54, 1.807) is 0 Å². The number of benzene rings is 1. The standard InChI is InChI=1S/C13H16O/c1-12(11-14)7-5-6-10-13-8-3-2-4-9-13/h2-4,6-10,14H,5,11H2,1H3. The zero-order chi connectivity index (χ0) is 10.2. The van der Waals surface area contributed by atoms with Gasteiger partial charge in [-0.25, -0.2) is 0 Å². The van der Waals surface area contributed by atoms with Gasteiger partial charge >= 0.3 is 0 Å². The molecular formula is C13H16O. The Morgan fingerprint density at radius 3 is 2.64 bits per heavy atom. The van der Waals surface area contributed by atoms with E-state index in [-0.39, 0.29) is 6.61 Å². The summed E-state index contributed by atoms with van der Waals surface area (Å²) in [6, 6.07) is 10.2. The number of aliphatic hydroxyl groups excluding tert-OH is 1. The van der Waals surface area contributed by atoms with Gasteiger partial charge in [0, 0.05) is 0 Å². The summed E-state index contributed by atoms with van der Waals surface area (Å²) in [5.74, 6) is 0. The summed E-state index contributed by atoms with van der Waals surface area (Å²) in [5.41, 5.74) is 2.23. The number of aliphatic hydroxyl groups is 1. The third-order valence-electron chi connectivity index (χ3n) is 1.96. The third-order valence-corrected chi connectivity index (χ3v) is 1.96. The van der Waals surface area contributed by atoms with Crippen molar-refractivity contribution in [3.8, 4) is 0 Å². The summed E-state index contributed by atoms with van der Waals surface area (Å²) in [6.07, 6.45) is 7.08. The van der Waals surface area contributed by atoms with Gasteiger partial charge in [-0.05, 0) is 18.9 Å². The maximum absolute atomic E-state index is 8.76. The second kappa shape index (κ2) is 6.17. The Hall–Kier alpha value is -1.34. The predicted molar refractivity (Wildman–Crippen MR) is 60.9 cm³/mol. The molecule has 1 heteroatoms. The Morgan fingerprint density at radius 1 is 1.29 bits per heavy atom. The molecule has 1 N–H and O–H groups in total. The second-order valence-corrected chi connectivity index (χ2v) is 3.26. The van der Waals surface area contributed by atoms with Crippen molar-refractivity contribution in [1.82, 2.24) is 0 Å². The summed E-state index contributed by atoms with van der Waals surface area (Å²) in [5, 5.41) is 8.76. The van der Waals surface area contributed by atoms with E-state index in [2.05, 4.69) is 24.3 Å². The van der Waals surface area contributed by atoms with E-state index in [0.717, 1.165) is 12.0 Å². The molecule has 1 aromatic carbocycles. The van der Waals surface area contributed by atoms with Crippen LogP contribution in [0.15, 0.2) is 48.1 Å². The zero-order valence-corrected chi connectivity index (χ0v) is 8.48. The summed E-state index contributed by atoms with van der Waals surface area (Å²) in [6.45, 7) is 2.08. The van der Waals surface area contributed by atoms with Crippen LogP contribution in [0.3, 0.4) is 0 Å². The molecule has 1 nitrogen and oxygen atoms in total. The van der Waals surface area contributed by atoms with E-state index >= 15 is 0 Å². The molecule has 1 rings (SSSR count). The molecule has 0 amide bonds. The molecule has 0 unspecified atom stereocenters. The normalized spacial score (nSPS) is 12.3. The second-order valence-electron chi connectivity index (χ2n) is 3.26. The highest BCUT2D eigenvalue weighted by Gasteiger charge is 1.83. The zero-order valence-electron chi connectivity index (χ0n) is 8.48. The van der Waals surface area contributed by atoms with Crippen molar-refractivity contribution in [2.45, 2.75) is 13.3 Å². The highest BCUT2D eigenvalue weighted by Crippen LogP contribution is 2.03. The van der Waals surface area contributed by atoms with Gasteiger partial charge in [-0.2, -0.15) is 0 Å². The van der Waals surface area contributed by atoms with Crippen molar-refractivity contribution in [2.24, 2.45) is 0 Å². The number of allylic oxidation sites excluding steroid dienone is 2. The van der Waals surface area contributed by atoms with Crippen LogP contribution in [0.2, 0.25) is 0 Å². The van der Waals surface area contributed by atoms with Crippen molar-refractivity contribution in [3.63, 3.8) is 0 Å². The molecule has 0 heterocycles. The molecule has 0 saturated carbocycles. The quantitative estimate of drug-likeness (QED) is 0.720. The van der Waals surface area contributed by atoms with Gasteiger partial charge in [0.25, 0.3) is 0 Å². The van der Waals surface area contributed by atoms with Crippen molar-refractivity contribution in [3.05, 3.63) is 53.6 Å². The van der Waals surface area contributed by atoms with E-state index in [1.807, 2.05) is 31.2 Å². The van der Waals surface area contributed by atoms with Crippen LogP contribution in [0.4, 0.5) is 0 Å². The summed E-state index contributed by atoms with van der Waals surface area (Å²) < 4.78 is 0. The Labute approximate surface area is 85.4 Å². The minimum Gasteiger partial charge on any atom is -0.392 e. The lowest BCUT2D eigenvalue weighted by Gasteiger charge is -1.92. The molecule has 0 bridgehead atoms. The molecule has 0 atom stereocenters. The van der Waals surface area contributed by atoms with Crippen molar-refractivity contribution >= 4 is 6.08 Å². The fourth-order valence-electron chi connectivity index (χ4n) is 1.10. The van der Waals surface area contributed by atoms with E-state index in [1.165, 1.54) is 5.56 Å². The molecule has 0 aliphatic heterocycles. The minimum absolute atomic E-state index is 0.152. The molecule has 1 aromatic rings. The summed E-state index contributed by atoms with van der Waals surface area (Å²) in [7, 11) is 0. The van der Waals surface area contributed by atoms with E-state index in [9.17, 15) is 0 Å². The lowest BCUT2D eigenvalue weighted by atomic mass is 10.2. The van der Waals surface area contributed by atoms with Crippen LogP contribution >= 0.6 is 0 Å². The Balaban J connectivity index is 2.42. The number of hydrogen-bond acceptors (Lipinski definition) is 1. The maximum Gasteiger partial charge on any atom is 0.0639 e. The SMILES string of the molecule is CC(=CCC=Cc1ccccc1)CO. The van der Waals surface area contributed by atoms with Crippen LogP contribution in [0.5, 0.6) is 0 Å². The Kier molecular flexibility index (Phi) is 4.73. The van der Waals surface area contributed by atoms with Gasteiger partial charge in [0.15, 0.2) is 0 Å². The van der Waals surface area contributed by atoms with Gasteiger partial charge in [0.2, 0.25) is 0 Å². The first-order valence-electron chi connectivity index (χ1n) is 4.81. The van der Waals surface area contributed by atoms with Crippen molar-refractivity contribution in [2.75, 3.05) is 6.61 Å². The van der Waals surface area contributed by atoms with Crippen LogP contribution < -0.4 is 0 Å². The fourth-order valence-corrected chi connectivity index (χ4v) is 1.10. The smallest absolute Gasteiger partial charge is 0.0639 e. The molecule has 0 aliphatic rings. The summed E-state index contributed by atoms with van der Waals surface area (Å²) in [4.78, 5) is 0. The monoisotopic (exact) mass is 188 g/mol. The molecule has 0 saturated heterocycles. The minimum atomic E-state index is 0.152. The first-order chi connectivity index (χ1) is 6.83. The van der Waals surface area contributed by atoms with Gasteiger partial charge in [-0.3, -0.25) is 0 Å². The van der Waals surface area contributed by atoms with Crippen LogP contribution in [-0.4, -0.2) is 11.7 Å². The van der Waals surface area contributed by atoms with Crippen LogP contribution in [-0.2, 0) is 0 Å². The number of hydrogen-bond donors (Lipinski definition) is 1.